The van der Waals surface area contributed by atoms with Crippen molar-refractivity contribution >= 4 is 20.2 Å². The number of rotatable bonds is 5. The molecule has 0 rings (SSSR count). The van der Waals surface area contributed by atoms with Crippen LogP contribution in [0.3, 0.4) is 0 Å². The van der Waals surface area contributed by atoms with E-state index in [-0.39, 0.29) is 42.6 Å². The quantitative estimate of drug-likeness (QED) is 0.370. The molecule has 0 aromatic carbocycles. The van der Waals surface area contributed by atoms with Gasteiger partial charge in [-0.05, 0) is 0 Å². The molecule has 0 saturated carbocycles. The summed E-state index contributed by atoms with van der Waals surface area (Å²) in [5.41, 5.74) is 0. The van der Waals surface area contributed by atoms with Crippen LogP contribution in [0, 0.1) is 0 Å². The van der Waals surface area contributed by atoms with E-state index in [1.165, 1.54) is 0 Å². The van der Waals surface area contributed by atoms with Crippen LogP contribution in [-0.4, -0.2) is 77.6 Å². The van der Waals surface area contributed by atoms with Crippen molar-refractivity contribution in [3.05, 3.63) is 0 Å². The summed E-state index contributed by atoms with van der Waals surface area (Å²) in [6, 6.07) is 0. The van der Waals surface area contributed by atoms with Gasteiger partial charge in [0.1, 0.15) is 10.4 Å². The van der Waals surface area contributed by atoms with Crippen LogP contribution in [0.1, 0.15) is 0 Å². The summed E-state index contributed by atoms with van der Waals surface area (Å²) in [5.74, 6) is 0. The van der Waals surface area contributed by atoms with E-state index in [0.29, 0.717) is 0 Å². The fraction of sp³-hybridized carbons (Fsp3) is 1.00. The zero-order valence-electron chi connectivity index (χ0n) is 10.7. The standard InChI is InChI=1S/C4H15N4Si.C2H9N2Si.Y/c1-7(2)5-9-6-8(3)4;1-4(2)3-5;/h5-6,9H,1-4H3;3H,5H2,1-2H3;. The van der Waals surface area contributed by atoms with Gasteiger partial charge in [-0.15, -0.1) is 0 Å². The third-order valence-corrected chi connectivity index (χ3v) is 2.89. The normalized spacial score (nSPS) is 10.0. The van der Waals surface area contributed by atoms with Crippen molar-refractivity contribution in [1.82, 2.24) is 30.3 Å². The molecule has 0 heterocycles. The predicted octanol–water partition coefficient (Wildman–Crippen LogP) is -3.02. The Bertz CT molecular complexity index is 108. The maximum absolute atomic E-state index is 3.14. The molecule has 0 amide bonds. The van der Waals surface area contributed by atoms with Crippen molar-refractivity contribution in [2.45, 2.75) is 0 Å². The molecule has 0 aliphatic carbocycles. The van der Waals surface area contributed by atoms with E-state index >= 15 is 0 Å². The Labute approximate surface area is 125 Å². The zero-order chi connectivity index (χ0) is 11.6. The average Bonchev–Trinajstić information content (AvgIpc) is 2.04. The Kier molecular flexibility index (Phi) is 22.0. The summed E-state index contributed by atoms with van der Waals surface area (Å²) >= 11 is 0. The molecule has 0 fully saturated rings. The van der Waals surface area contributed by atoms with Gasteiger partial charge in [0.25, 0.3) is 0 Å². The molecule has 0 aliphatic heterocycles. The van der Waals surface area contributed by atoms with Crippen molar-refractivity contribution in [1.29, 1.82) is 0 Å². The molecule has 0 saturated heterocycles. The molecule has 89 valence electrons. The molecule has 0 aromatic heterocycles. The van der Waals surface area contributed by atoms with E-state index in [1.54, 1.807) is 10.4 Å². The van der Waals surface area contributed by atoms with Gasteiger partial charge in [-0.25, -0.2) is 0 Å². The van der Waals surface area contributed by atoms with E-state index in [9.17, 15) is 0 Å². The molecule has 0 aliphatic rings. The minimum absolute atomic E-state index is 0. The molecular formula is C6H24N6Si2Y. The van der Waals surface area contributed by atoms with Crippen LogP contribution in [0.15, 0.2) is 0 Å². The van der Waals surface area contributed by atoms with Crippen LogP contribution in [0.5, 0.6) is 0 Å². The Morgan fingerprint density at radius 3 is 1.20 bits per heavy atom. The summed E-state index contributed by atoms with van der Waals surface area (Å²) < 4.78 is 0. The fourth-order valence-corrected chi connectivity index (χ4v) is 0.861. The first-order chi connectivity index (χ1) is 6.40. The Morgan fingerprint density at radius 1 is 0.800 bits per heavy atom. The first-order valence-corrected chi connectivity index (χ1v) is 6.15. The van der Waals surface area contributed by atoms with Gasteiger partial charge in [-0.3, -0.25) is 30.3 Å². The minimum atomic E-state index is 0. The van der Waals surface area contributed by atoms with E-state index in [4.69, 9.17) is 0 Å². The van der Waals surface area contributed by atoms with Crippen LogP contribution < -0.4 is 15.3 Å². The third-order valence-electron chi connectivity index (χ3n) is 0.962. The van der Waals surface area contributed by atoms with Gasteiger partial charge < -0.3 is 0 Å². The van der Waals surface area contributed by atoms with Gasteiger partial charge in [0.05, 0.1) is 0 Å². The average molecular weight is 325 g/mol. The van der Waals surface area contributed by atoms with Crippen molar-refractivity contribution in [2.24, 2.45) is 0 Å². The Morgan fingerprint density at radius 2 is 1.07 bits per heavy atom. The molecular weight excluding hydrogens is 301 g/mol. The van der Waals surface area contributed by atoms with Crippen LogP contribution in [0.25, 0.3) is 0 Å². The fourth-order valence-electron chi connectivity index (χ4n) is 0.287. The van der Waals surface area contributed by atoms with Crippen molar-refractivity contribution in [2.75, 3.05) is 42.3 Å². The molecule has 0 spiro atoms. The van der Waals surface area contributed by atoms with Crippen LogP contribution in [0.4, 0.5) is 0 Å². The van der Waals surface area contributed by atoms with E-state index < -0.39 is 0 Å². The molecule has 0 aromatic rings. The number of nitrogens with zero attached hydrogens (tertiary/aromatic N) is 3. The van der Waals surface area contributed by atoms with Gasteiger partial charge in [0, 0.05) is 75.0 Å². The molecule has 0 atom stereocenters. The summed E-state index contributed by atoms with van der Waals surface area (Å²) in [6.07, 6.45) is 0. The number of hydrazine groups is 3. The SMILES string of the molecule is CN(C)N[SiH2].CN(C)N[SiH]NN(C)C.[Y]. The molecule has 6 nitrogen and oxygen atoms in total. The number of hydrogen-bond donors (Lipinski definition) is 3. The first kappa shape index (κ1) is 21.6. The van der Waals surface area contributed by atoms with Crippen LogP contribution >= 0.6 is 0 Å². The second-order valence-corrected chi connectivity index (χ2v) is 4.37. The van der Waals surface area contributed by atoms with Crippen LogP contribution in [0.2, 0.25) is 0 Å². The molecule has 0 unspecified atom stereocenters. The Balaban J connectivity index is -0.000000208. The van der Waals surface area contributed by atoms with Crippen molar-refractivity contribution in [3.63, 3.8) is 0 Å². The molecule has 15 heavy (non-hydrogen) atoms. The van der Waals surface area contributed by atoms with Crippen molar-refractivity contribution in [3.8, 4) is 0 Å². The summed E-state index contributed by atoms with van der Waals surface area (Å²) in [4.78, 5) is 0. The number of nitrogens with one attached hydrogen (secondary N) is 3. The first-order valence-electron chi connectivity index (χ1n) is 4.29. The molecule has 3 radical (unpaired) electrons. The van der Waals surface area contributed by atoms with Crippen molar-refractivity contribution < 1.29 is 32.7 Å². The Hall–Kier alpha value is 1.30. The van der Waals surface area contributed by atoms with E-state index in [0.717, 1.165) is 0 Å². The van der Waals surface area contributed by atoms with Gasteiger partial charge >= 0.3 is 0 Å². The van der Waals surface area contributed by atoms with E-state index in [2.05, 4.69) is 15.3 Å². The topological polar surface area (TPSA) is 45.8 Å². The summed E-state index contributed by atoms with van der Waals surface area (Å²) in [5, 5.41) is 14.9. The zero-order valence-corrected chi connectivity index (χ0v) is 16.1. The largest absolute Gasteiger partial charge is 0.286 e. The summed E-state index contributed by atoms with van der Waals surface area (Å²) in [6.45, 7) is 0. The molecule has 9 heteroatoms. The van der Waals surface area contributed by atoms with Crippen LogP contribution in [-0.2, 0) is 32.7 Å². The second-order valence-electron chi connectivity index (χ2n) is 3.24. The summed E-state index contributed by atoms with van der Waals surface area (Å²) in [7, 11) is 13.6. The van der Waals surface area contributed by atoms with Gasteiger partial charge in [0.15, 0.2) is 0 Å². The molecule has 0 bridgehead atoms. The van der Waals surface area contributed by atoms with E-state index in [1.807, 2.05) is 57.3 Å². The monoisotopic (exact) mass is 325 g/mol. The number of hydrogen-bond acceptors (Lipinski definition) is 6. The minimum Gasteiger partial charge on any atom is -0.286 e. The van der Waals surface area contributed by atoms with Gasteiger partial charge in [-0.1, -0.05) is 0 Å². The van der Waals surface area contributed by atoms with Gasteiger partial charge in [0.2, 0.25) is 9.84 Å². The smallest absolute Gasteiger partial charge is 0.233 e. The molecule has 3 N–H and O–H groups in total. The van der Waals surface area contributed by atoms with Gasteiger partial charge in [-0.2, -0.15) is 0 Å². The second kappa shape index (κ2) is 15.3. The predicted molar refractivity (Wildman–Crippen MR) is 66.2 cm³/mol. The maximum atomic E-state index is 3.14. The maximum Gasteiger partial charge on any atom is 0.233 e. The third kappa shape index (κ3) is 31.3.